The van der Waals surface area contributed by atoms with Crippen LogP contribution in [0.3, 0.4) is 0 Å². The van der Waals surface area contributed by atoms with E-state index >= 15 is 0 Å². The van der Waals surface area contributed by atoms with Gasteiger partial charge >= 0.3 is 5.97 Å². The number of hydrogen-bond donors (Lipinski definition) is 1. The molecule has 0 radical (unpaired) electrons. The summed E-state index contributed by atoms with van der Waals surface area (Å²) in [7, 11) is 0. The van der Waals surface area contributed by atoms with Crippen molar-refractivity contribution >= 4 is 22.7 Å². The summed E-state index contributed by atoms with van der Waals surface area (Å²) in [5.41, 5.74) is 2.38. The van der Waals surface area contributed by atoms with E-state index < -0.39 is 0 Å². The number of benzene rings is 1. The Bertz CT molecular complexity index is 726. The quantitative estimate of drug-likeness (QED) is 0.625. The van der Waals surface area contributed by atoms with Crippen LogP contribution in [0.15, 0.2) is 24.3 Å². The highest BCUT2D eigenvalue weighted by atomic mass is 16.5. The number of para-hydroxylation sites is 1. The molecule has 0 bridgehead atoms. The van der Waals surface area contributed by atoms with Gasteiger partial charge in [0.25, 0.3) is 0 Å². The van der Waals surface area contributed by atoms with E-state index in [4.69, 9.17) is 4.74 Å². The van der Waals surface area contributed by atoms with Crippen molar-refractivity contribution in [3.63, 3.8) is 0 Å². The fourth-order valence-corrected chi connectivity index (χ4v) is 3.72. The number of hydrogen-bond acceptors (Lipinski definition) is 3. The lowest BCUT2D eigenvalue weighted by Gasteiger charge is -2.20. The molecule has 1 saturated carbocycles. The standard InChI is InChI=1S/C20H25NO3/c1-14-20(16-9-5-6-10-17(16)21-14)18(22)13-24-19(23)12-11-15-7-3-2-4-8-15/h5-6,9-10,15,21H,2-4,7-8,11-13H2,1H3. The zero-order valence-electron chi connectivity index (χ0n) is 14.3. The van der Waals surface area contributed by atoms with Crippen molar-refractivity contribution in [3.05, 3.63) is 35.5 Å². The molecule has 0 unspecified atom stereocenters. The number of ketones is 1. The minimum Gasteiger partial charge on any atom is -0.457 e. The van der Waals surface area contributed by atoms with Crippen molar-refractivity contribution in [2.75, 3.05) is 6.61 Å². The number of nitrogens with one attached hydrogen (secondary N) is 1. The van der Waals surface area contributed by atoms with Crippen LogP contribution >= 0.6 is 0 Å². The Hall–Kier alpha value is -2.10. The number of esters is 1. The molecule has 4 nitrogen and oxygen atoms in total. The van der Waals surface area contributed by atoms with E-state index in [1.165, 1.54) is 32.1 Å². The second-order valence-corrected chi connectivity index (χ2v) is 6.80. The van der Waals surface area contributed by atoms with Gasteiger partial charge in [0.05, 0.1) is 0 Å². The highest BCUT2D eigenvalue weighted by molar-refractivity contribution is 6.10. The summed E-state index contributed by atoms with van der Waals surface area (Å²) in [6, 6.07) is 7.69. The number of Topliss-reactive ketones (excluding diaryl/α,β-unsaturated/α-hetero) is 1. The van der Waals surface area contributed by atoms with Crippen molar-refractivity contribution < 1.29 is 14.3 Å². The average Bonchev–Trinajstić information content (AvgIpc) is 2.94. The zero-order valence-corrected chi connectivity index (χ0v) is 14.3. The van der Waals surface area contributed by atoms with E-state index in [0.29, 0.717) is 17.9 Å². The minimum absolute atomic E-state index is 0.143. The van der Waals surface area contributed by atoms with Crippen LogP contribution < -0.4 is 0 Å². The van der Waals surface area contributed by atoms with Gasteiger partial charge in [0.15, 0.2) is 6.61 Å². The van der Waals surface area contributed by atoms with Gasteiger partial charge in [-0.2, -0.15) is 0 Å². The molecule has 128 valence electrons. The highest BCUT2D eigenvalue weighted by Crippen LogP contribution is 2.27. The molecule has 1 aliphatic carbocycles. The van der Waals surface area contributed by atoms with Crippen LogP contribution in [0.5, 0.6) is 0 Å². The minimum atomic E-state index is -0.258. The first kappa shape index (κ1) is 16.7. The summed E-state index contributed by atoms with van der Waals surface area (Å²) in [6.45, 7) is 1.70. The number of aryl methyl sites for hydroxylation is 1. The second-order valence-electron chi connectivity index (χ2n) is 6.80. The van der Waals surface area contributed by atoms with Crippen LogP contribution in [-0.2, 0) is 9.53 Å². The van der Waals surface area contributed by atoms with Crippen LogP contribution in [0, 0.1) is 12.8 Å². The summed E-state index contributed by atoms with van der Waals surface area (Å²) < 4.78 is 5.22. The Morgan fingerprint density at radius 1 is 1.17 bits per heavy atom. The number of carbonyl (C=O) groups excluding carboxylic acids is 2. The van der Waals surface area contributed by atoms with Gasteiger partial charge in [-0.25, -0.2) is 0 Å². The molecule has 1 aromatic heterocycles. The number of aromatic nitrogens is 1. The Balaban J connectivity index is 1.53. The maximum Gasteiger partial charge on any atom is 0.306 e. The highest BCUT2D eigenvalue weighted by Gasteiger charge is 2.19. The first-order valence-electron chi connectivity index (χ1n) is 8.91. The third-order valence-corrected chi connectivity index (χ3v) is 5.02. The van der Waals surface area contributed by atoms with Gasteiger partial charge in [-0.3, -0.25) is 9.59 Å². The molecule has 1 heterocycles. The van der Waals surface area contributed by atoms with E-state index in [9.17, 15) is 9.59 Å². The Kier molecular flexibility index (Phi) is 5.34. The molecular formula is C20H25NO3. The maximum atomic E-state index is 12.5. The lowest BCUT2D eigenvalue weighted by atomic mass is 9.86. The molecule has 1 N–H and O–H groups in total. The summed E-state index contributed by atoms with van der Waals surface area (Å²) in [5, 5.41) is 0.887. The normalized spacial score (nSPS) is 15.5. The first-order valence-corrected chi connectivity index (χ1v) is 8.91. The summed E-state index contributed by atoms with van der Waals surface area (Å²) >= 11 is 0. The smallest absolute Gasteiger partial charge is 0.306 e. The Morgan fingerprint density at radius 2 is 1.92 bits per heavy atom. The topological polar surface area (TPSA) is 59.2 Å². The van der Waals surface area contributed by atoms with E-state index in [-0.39, 0.29) is 18.4 Å². The summed E-state index contributed by atoms with van der Waals surface area (Å²) in [6.07, 6.45) is 7.63. The number of H-pyrrole nitrogens is 1. The lowest BCUT2D eigenvalue weighted by molar-refractivity contribution is -0.142. The molecule has 0 spiro atoms. The Morgan fingerprint density at radius 3 is 2.71 bits per heavy atom. The molecule has 2 aromatic rings. The number of ether oxygens (including phenoxy) is 1. The van der Waals surface area contributed by atoms with E-state index in [1.807, 2.05) is 31.2 Å². The molecule has 3 rings (SSSR count). The molecule has 24 heavy (non-hydrogen) atoms. The fraction of sp³-hybridized carbons (Fsp3) is 0.500. The van der Waals surface area contributed by atoms with Crippen molar-refractivity contribution in [2.45, 2.75) is 51.9 Å². The average molecular weight is 327 g/mol. The second kappa shape index (κ2) is 7.65. The van der Waals surface area contributed by atoms with Crippen LogP contribution in [0.25, 0.3) is 10.9 Å². The molecule has 1 aromatic carbocycles. The Labute approximate surface area is 142 Å². The van der Waals surface area contributed by atoms with Gasteiger partial charge < -0.3 is 9.72 Å². The molecule has 0 saturated heterocycles. The first-order chi connectivity index (χ1) is 11.6. The summed E-state index contributed by atoms with van der Waals surface area (Å²) in [4.78, 5) is 27.6. The SMILES string of the molecule is Cc1[nH]c2ccccc2c1C(=O)COC(=O)CCC1CCCCC1. The zero-order chi connectivity index (χ0) is 16.9. The van der Waals surface area contributed by atoms with E-state index in [2.05, 4.69) is 4.98 Å². The van der Waals surface area contributed by atoms with Gasteiger partial charge in [-0.1, -0.05) is 50.3 Å². The van der Waals surface area contributed by atoms with Crippen molar-refractivity contribution in [1.29, 1.82) is 0 Å². The number of rotatable bonds is 6. The predicted octanol–water partition coefficient (Wildman–Crippen LogP) is 4.56. The molecule has 0 amide bonds. The maximum absolute atomic E-state index is 12.5. The van der Waals surface area contributed by atoms with Gasteiger partial charge in [0, 0.05) is 28.6 Å². The van der Waals surface area contributed by atoms with Crippen LogP contribution in [0.4, 0.5) is 0 Å². The van der Waals surface area contributed by atoms with Crippen LogP contribution in [0.2, 0.25) is 0 Å². The van der Waals surface area contributed by atoms with Crippen LogP contribution in [0.1, 0.15) is 61.0 Å². The number of carbonyl (C=O) groups is 2. The van der Waals surface area contributed by atoms with E-state index in [0.717, 1.165) is 23.0 Å². The number of fused-ring (bicyclic) bond motifs is 1. The largest absolute Gasteiger partial charge is 0.457 e. The molecule has 1 fully saturated rings. The molecule has 0 atom stereocenters. The lowest BCUT2D eigenvalue weighted by Crippen LogP contribution is -2.16. The van der Waals surface area contributed by atoms with Gasteiger partial charge in [-0.05, 0) is 25.3 Å². The molecule has 1 aliphatic rings. The third-order valence-electron chi connectivity index (χ3n) is 5.02. The predicted molar refractivity (Wildman–Crippen MR) is 94.1 cm³/mol. The van der Waals surface area contributed by atoms with Gasteiger partial charge in [0.1, 0.15) is 0 Å². The van der Waals surface area contributed by atoms with Crippen molar-refractivity contribution in [2.24, 2.45) is 5.92 Å². The van der Waals surface area contributed by atoms with Gasteiger partial charge in [0.2, 0.25) is 5.78 Å². The van der Waals surface area contributed by atoms with Crippen molar-refractivity contribution in [3.8, 4) is 0 Å². The third kappa shape index (κ3) is 3.86. The van der Waals surface area contributed by atoms with Gasteiger partial charge in [-0.15, -0.1) is 0 Å². The molecule has 0 aliphatic heterocycles. The van der Waals surface area contributed by atoms with E-state index in [1.54, 1.807) is 0 Å². The van der Waals surface area contributed by atoms with Crippen molar-refractivity contribution in [1.82, 2.24) is 4.98 Å². The van der Waals surface area contributed by atoms with Crippen LogP contribution in [-0.4, -0.2) is 23.3 Å². The molecular weight excluding hydrogens is 302 g/mol. The monoisotopic (exact) mass is 327 g/mol. The molecule has 4 heteroatoms. The summed E-state index contributed by atoms with van der Waals surface area (Å²) in [5.74, 6) is 0.250. The fourth-order valence-electron chi connectivity index (χ4n) is 3.72. The number of aromatic amines is 1.